The van der Waals surface area contributed by atoms with Crippen LogP contribution in [-0.4, -0.2) is 6.61 Å². The van der Waals surface area contributed by atoms with Crippen LogP contribution in [0.1, 0.15) is 50.0 Å². The summed E-state index contributed by atoms with van der Waals surface area (Å²) in [6, 6.07) is 7.11. The molecule has 7 heteroatoms. The second-order valence-corrected chi connectivity index (χ2v) is 8.76. The van der Waals surface area contributed by atoms with E-state index in [1.54, 1.807) is 0 Å². The fraction of sp³-hybridized carbons (Fsp3) is 0.333. The molecule has 1 saturated carbocycles. The van der Waals surface area contributed by atoms with Crippen molar-refractivity contribution in [2.24, 2.45) is 5.92 Å². The Morgan fingerprint density at radius 2 is 1.59 bits per heavy atom. The Kier molecular flexibility index (Phi) is 7.19. The van der Waals surface area contributed by atoms with E-state index in [0.717, 1.165) is 50.7 Å². The Bertz CT molecular complexity index is 1170. The lowest BCUT2D eigenvalue weighted by atomic mass is 9.77. The van der Waals surface area contributed by atoms with E-state index in [1.165, 1.54) is 24.3 Å². The van der Waals surface area contributed by atoms with Crippen LogP contribution in [0.15, 0.2) is 49.1 Å². The monoisotopic (exact) mass is 478 g/mol. The zero-order valence-electron chi connectivity index (χ0n) is 18.4. The van der Waals surface area contributed by atoms with E-state index in [1.807, 2.05) is 6.08 Å². The van der Waals surface area contributed by atoms with Gasteiger partial charge in [0.1, 0.15) is 11.6 Å². The highest BCUT2D eigenvalue weighted by Gasteiger charge is 2.25. The Morgan fingerprint density at radius 1 is 0.912 bits per heavy atom. The maximum atomic E-state index is 15.1. The molecular weight excluding hydrogens is 454 g/mol. The molecular formula is C27H24F6O. The van der Waals surface area contributed by atoms with Crippen molar-refractivity contribution in [3.63, 3.8) is 0 Å². The molecule has 0 radical (unpaired) electrons. The van der Waals surface area contributed by atoms with Gasteiger partial charge in [0, 0.05) is 5.39 Å². The molecule has 1 aliphatic rings. The molecule has 4 rings (SSSR count). The van der Waals surface area contributed by atoms with Crippen LogP contribution in [0.3, 0.4) is 0 Å². The number of fused-ring (bicyclic) bond motifs is 1. The summed E-state index contributed by atoms with van der Waals surface area (Å²) in [5.41, 5.74) is 0.384. The third-order valence-corrected chi connectivity index (χ3v) is 6.64. The summed E-state index contributed by atoms with van der Waals surface area (Å²) in [7, 11) is 0. The third-order valence-electron chi connectivity index (χ3n) is 6.64. The summed E-state index contributed by atoms with van der Waals surface area (Å²) in [6.07, 6.45) is 7.67. The number of allylic oxidation sites excluding steroid dienone is 1. The SMILES string of the molecule is C=CCCC1CCC(c2cc(F)c(-c3ccc4c(F)c(OC(F)F)c(F)cc4c3)c(F)c2)CC1. The van der Waals surface area contributed by atoms with Gasteiger partial charge >= 0.3 is 6.61 Å². The van der Waals surface area contributed by atoms with Gasteiger partial charge < -0.3 is 4.74 Å². The number of alkyl halides is 2. The molecule has 0 aromatic heterocycles. The van der Waals surface area contributed by atoms with Crippen LogP contribution in [0.25, 0.3) is 21.9 Å². The van der Waals surface area contributed by atoms with E-state index in [4.69, 9.17) is 0 Å². The predicted octanol–water partition coefficient (Wildman–Crippen LogP) is 8.90. The van der Waals surface area contributed by atoms with E-state index in [-0.39, 0.29) is 27.8 Å². The van der Waals surface area contributed by atoms with Crippen molar-refractivity contribution < 1.29 is 31.1 Å². The first kappa shape index (κ1) is 24.2. The smallest absolute Gasteiger partial charge is 0.387 e. The maximum absolute atomic E-state index is 15.1. The lowest BCUT2D eigenvalue weighted by molar-refractivity contribution is -0.0544. The molecule has 3 aromatic carbocycles. The van der Waals surface area contributed by atoms with Crippen LogP contribution in [0.5, 0.6) is 5.75 Å². The summed E-state index contributed by atoms with van der Waals surface area (Å²) < 4.78 is 87.6. The lowest BCUT2D eigenvalue weighted by Gasteiger charge is -2.29. The van der Waals surface area contributed by atoms with E-state index >= 15 is 8.78 Å². The highest BCUT2D eigenvalue weighted by Crippen LogP contribution is 2.40. The fourth-order valence-electron chi connectivity index (χ4n) is 4.91. The van der Waals surface area contributed by atoms with Crippen LogP contribution >= 0.6 is 0 Å². The van der Waals surface area contributed by atoms with E-state index < -0.39 is 35.6 Å². The van der Waals surface area contributed by atoms with Crippen molar-refractivity contribution >= 4 is 10.8 Å². The molecule has 0 unspecified atom stereocenters. The highest BCUT2D eigenvalue weighted by molar-refractivity contribution is 5.89. The third kappa shape index (κ3) is 4.93. The summed E-state index contributed by atoms with van der Waals surface area (Å²) in [5, 5.41) is -0.235. The number of halogens is 6. The molecule has 0 amide bonds. The summed E-state index contributed by atoms with van der Waals surface area (Å²) >= 11 is 0. The molecule has 1 nitrogen and oxygen atoms in total. The normalized spacial score (nSPS) is 18.4. The summed E-state index contributed by atoms with van der Waals surface area (Å²) in [4.78, 5) is 0. The minimum absolute atomic E-state index is 0.0326. The lowest BCUT2D eigenvalue weighted by Crippen LogP contribution is -2.13. The molecule has 3 aromatic rings. The van der Waals surface area contributed by atoms with Crippen LogP contribution < -0.4 is 4.74 Å². The zero-order valence-corrected chi connectivity index (χ0v) is 18.4. The van der Waals surface area contributed by atoms with Crippen LogP contribution in [-0.2, 0) is 0 Å². The first-order valence-electron chi connectivity index (χ1n) is 11.2. The number of rotatable bonds is 7. The predicted molar refractivity (Wildman–Crippen MR) is 120 cm³/mol. The maximum Gasteiger partial charge on any atom is 0.387 e. The van der Waals surface area contributed by atoms with Crippen molar-refractivity contribution in [2.75, 3.05) is 0 Å². The highest BCUT2D eigenvalue weighted by atomic mass is 19.3. The van der Waals surface area contributed by atoms with Gasteiger partial charge in [-0.25, -0.2) is 17.6 Å². The largest absolute Gasteiger partial charge is 0.429 e. The van der Waals surface area contributed by atoms with Crippen molar-refractivity contribution in [3.05, 3.63) is 77.9 Å². The van der Waals surface area contributed by atoms with Gasteiger partial charge in [-0.2, -0.15) is 8.78 Å². The number of hydrogen-bond acceptors (Lipinski definition) is 1. The fourth-order valence-corrected chi connectivity index (χ4v) is 4.91. The standard InChI is InChI=1S/C27H24F6O/c1-2-3-4-15-5-7-16(8-6-15)18-12-21(28)24(22(29)13-18)17-9-10-20-19(11-17)14-23(30)26(25(20)31)34-27(32)33/h2,9-16,27H,1,3-8H2. The van der Waals surface area contributed by atoms with Crippen molar-refractivity contribution in [3.8, 4) is 16.9 Å². The van der Waals surface area contributed by atoms with Crippen molar-refractivity contribution in [1.82, 2.24) is 0 Å². The Morgan fingerprint density at radius 3 is 2.21 bits per heavy atom. The Labute approximate surface area is 194 Å². The molecule has 0 N–H and O–H groups in total. The molecule has 0 saturated heterocycles. The molecule has 180 valence electrons. The van der Waals surface area contributed by atoms with E-state index in [9.17, 15) is 17.6 Å². The van der Waals surface area contributed by atoms with Gasteiger partial charge in [-0.15, -0.1) is 6.58 Å². The quantitative estimate of drug-likeness (QED) is 0.243. The van der Waals surface area contributed by atoms with Gasteiger partial charge in [-0.05, 0) is 91.1 Å². The topological polar surface area (TPSA) is 9.23 Å². The van der Waals surface area contributed by atoms with Gasteiger partial charge in [0.15, 0.2) is 17.4 Å². The average Bonchev–Trinajstić information content (AvgIpc) is 2.80. The van der Waals surface area contributed by atoms with Crippen LogP contribution in [0.4, 0.5) is 26.3 Å². The Balaban J connectivity index is 1.62. The van der Waals surface area contributed by atoms with Crippen LogP contribution in [0.2, 0.25) is 0 Å². The second-order valence-electron chi connectivity index (χ2n) is 8.76. The van der Waals surface area contributed by atoms with E-state index in [0.29, 0.717) is 11.5 Å². The molecule has 0 atom stereocenters. The average molecular weight is 478 g/mol. The first-order valence-corrected chi connectivity index (χ1v) is 11.2. The van der Waals surface area contributed by atoms with E-state index in [2.05, 4.69) is 11.3 Å². The second kappa shape index (κ2) is 10.1. The van der Waals surface area contributed by atoms with Crippen molar-refractivity contribution in [1.29, 1.82) is 0 Å². The molecule has 1 aliphatic carbocycles. The van der Waals surface area contributed by atoms with Gasteiger partial charge in [0.25, 0.3) is 0 Å². The minimum atomic E-state index is -3.40. The molecule has 0 heterocycles. The number of ether oxygens (including phenoxy) is 1. The molecule has 0 bridgehead atoms. The van der Waals surface area contributed by atoms with Crippen LogP contribution in [0, 0.1) is 29.2 Å². The minimum Gasteiger partial charge on any atom is -0.429 e. The number of hydrogen-bond donors (Lipinski definition) is 0. The summed E-state index contributed by atoms with van der Waals surface area (Å²) in [5.74, 6) is -4.68. The van der Waals surface area contributed by atoms with Gasteiger partial charge in [0.2, 0.25) is 0 Å². The molecule has 0 aliphatic heterocycles. The molecule has 0 spiro atoms. The van der Waals surface area contributed by atoms with Gasteiger partial charge in [-0.3, -0.25) is 0 Å². The van der Waals surface area contributed by atoms with Gasteiger partial charge in [0.05, 0.1) is 5.56 Å². The number of benzene rings is 3. The Hall–Kier alpha value is -2.96. The summed E-state index contributed by atoms with van der Waals surface area (Å²) in [6.45, 7) is 0.348. The molecule has 1 fully saturated rings. The first-order chi connectivity index (χ1) is 16.3. The zero-order chi connectivity index (χ0) is 24.4. The van der Waals surface area contributed by atoms with Gasteiger partial charge in [-0.1, -0.05) is 18.2 Å². The molecule has 34 heavy (non-hydrogen) atoms. The van der Waals surface area contributed by atoms with Crippen molar-refractivity contribution in [2.45, 2.75) is 51.1 Å².